The van der Waals surface area contributed by atoms with Gasteiger partial charge in [-0.15, -0.1) is 23.5 Å². The molecule has 0 spiro atoms. The van der Waals surface area contributed by atoms with E-state index in [1.807, 2.05) is 0 Å². The van der Waals surface area contributed by atoms with Gasteiger partial charge in [-0.25, -0.2) is 0 Å². The van der Waals surface area contributed by atoms with Crippen LogP contribution in [0.15, 0.2) is 46.2 Å². The number of thioether (sulfide) groups is 2. The molecule has 9 atom stereocenters. The van der Waals surface area contributed by atoms with Crippen LogP contribution >= 0.6 is 23.5 Å². The zero-order valence-electron chi connectivity index (χ0n) is 19.8. The number of allylic oxidation sites excluding steroid dienone is 5. The van der Waals surface area contributed by atoms with Crippen molar-refractivity contribution in [1.82, 2.24) is 0 Å². The van der Waals surface area contributed by atoms with Crippen LogP contribution in [0.2, 0.25) is 24.2 Å². The standard InChI is InChI=1S/C28H36S2Si/c1-15-7-8-19-9-10-20-22(21(19)11-15)12-16(2)27(20)31(5,6)28-25-23(13-17(3)29-25)24-14-18(4)30-26(24)28/h7-11,13-14,16,20,22-28H,12H2,1-6H3/t16?,20?,22?,23-,24?,25?,26?,27?,28?/m0/s1. The molecule has 6 rings (SSSR count). The lowest BCUT2D eigenvalue weighted by Gasteiger charge is -2.45. The predicted octanol–water partition coefficient (Wildman–Crippen LogP) is 8.49. The third-order valence-corrected chi connectivity index (χ3v) is 17.8. The van der Waals surface area contributed by atoms with E-state index in [2.05, 4.69) is 107 Å². The highest BCUT2D eigenvalue weighted by atomic mass is 32.2. The molecule has 0 amide bonds. The van der Waals surface area contributed by atoms with Gasteiger partial charge in [0.1, 0.15) is 0 Å². The minimum absolute atomic E-state index is 0.742. The lowest BCUT2D eigenvalue weighted by Crippen LogP contribution is -2.47. The van der Waals surface area contributed by atoms with Crippen LogP contribution in [0.4, 0.5) is 0 Å². The number of hydrogen-bond donors (Lipinski definition) is 0. The molecule has 31 heavy (non-hydrogen) atoms. The van der Waals surface area contributed by atoms with Crippen molar-refractivity contribution in [2.45, 2.75) is 74.7 Å². The molecule has 0 radical (unpaired) electrons. The van der Waals surface area contributed by atoms with E-state index in [0.717, 1.165) is 51.2 Å². The van der Waals surface area contributed by atoms with Crippen molar-refractivity contribution in [3.63, 3.8) is 0 Å². The maximum atomic E-state index is 2.79. The molecular formula is C28H36S2Si. The fraction of sp³-hybridized carbons (Fsp3) is 0.571. The van der Waals surface area contributed by atoms with Gasteiger partial charge < -0.3 is 0 Å². The highest BCUT2D eigenvalue weighted by molar-refractivity contribution is 8.05. The molecule has 1 aromatic rings. The second-order valence-corrected chi connectivity index (χ2v) is 19.5. The van der Waals surface area contributed by atoms with Crippen molar-refractivity contribution in [2.75, 3.05) is 0 Å². The van der Waals surface area contributed by atoms with Gasteiger partial charge in [0.25, 0.3) is 0 Å². The first-order valence-electron chi connectivity index (χ1n) is 12.2. The maximum absolute atomic E-state index is 2.79. The highest BCUT2D eigenvalue weighted by Gasteiger charge is 2.62. The molecule has 164 valence electrons. The molecule has 5 aliphatic rings. The Labute approximate surface area is 198 Å². The topological polar surface area (TPSA) is 0 Å². The summed E-state index contributed by atoms with van der Waals surface area (Å²) in [5, 5.41) is 1.67. The van der Waals surface area contributed by atoms with Crippen LogP contribution in [0.5, 0.6) is 0 Å². The molecule has 2 saturated carbocycles. The summed E-state index contributed by atoms with van der Waals surface area (Å²) >= 11 is 4.49. The minimum Gasteiger partial charge on any atom is -0.127 e. The Bertz CT molecular complexity index is 986. The van der Waals surface area contributed by atoms with Crippen LogP contribution in [0, 0.1) is 30.6 Å². The van der Waals surface area contributed by atoms with Gasteiger partial charge in [-0.1, -0.05) is 68.1 Å². The second-order valence-electron chi connectivity index (χ2n) is 11.6. The molecule has 0 nitrogen and oxygen atoms in total. The molecule has 2 heterocycles. The van der Waals surface area contributed by atoms with Gasteiger partial charge in [0.05, 0.1) is 8.07 Å². The molecule has 3 heteroatoms. The van der Waals surface area contributed by atoms with E-state index in [-0.39, 0.29) is 0 Å². The van der Waals surface area contributed by atoms with E-state index < -0.39 is 8.07 Å². The van der Waals surface area contributed by atoms with Crippen LogP contribution in [0.25, 0.3) is 6.08 Å². The van der Waals surface area contributed by atoms with Gasteiger partial charge in [0.2, 0.25) is 0 Å². The van der Waals surface area contributed by atoms with Crippen LogP contribution in [0.1, 0.15) is 49.8 Å². The van der Waals surface area contributed by atoms with Crippen LogP contribution in [-0.4, -0.2) is 18.6 Å². The maximum Gasteiger partial charge on any atom is 0.0569 e. The first kappa shape index (κ1) is 20.9. The fourth-order valence-corrected chi connectivity index (χ4v) is 19.4. The SMILES string of the molecule is CC1=CC2C(S1)C([Si](C)(C)C1C(C)CC3c4cc(C)ccc4C=CC31)C1SC(C)=C[C@@H]21. The lowest BCUT2D eigenvalue weighted by atomic mass is 9.81. The molecule has 1 aromatic carbocycles. The van der Waals surface area contributed by atoms with E-state index in [4.69, 9.17) is 0 Å². The van der Waals surface area contributed by atoms with E-state index in [9.17, 15) is 0 Å². The molecule has 0 N–H and O–H groups in total. The average molecular weight is 465 g/mol. The van der Waals surface area contributed by atoms with Crippen molar-refractivity contribution < 1.29 is 0 Å². The Morgan fingerprint density at radius 1 is 0.871 bits per heavy atom. The Morgan fingerprint density at radius 2 is 1.52 bits per heavy atom. The van der Waals surface area contributed by atoms with Gasteiger partial charge in [-0.3, -0.25) is 0 Å². The van der Waals surface area contributed by atoms with E-state index in [1.165, 1.54) is 17.5 Å². The zero-order valence-corrected chi connectivity index (χ0v) is 22.4. The summed E-state index contributed by atoms with van der Waals surface area (Å²) in [6.45, 7) is 15.2. The Kier molecular flexibility index (Phi) is 4.84. The smallest absolute Gasteiger partial charge is 0.0569 e. The molecule has 3 aliphatic carbocycles. The van der Waals surface area contributed by atoms with Crippen molar-refractivity contribution >= 4 is 37.7 Å². The highest BCUT2D eigenvalue weighted by Crippen LogP contribution is 2.68. The molecule has 2 aliphatic heterocycles. The van der Waals surface area contributed by atoms with Gasteiger partial charge in [-0.05, 0) is 88.8 Å². The Morgan fingerprint density at radius 3 is 2.16 bits per heavy atom. The third kappa shape index (κ3) is 3.02. The predicted molar refractivity (Wildman–Crippen MR) is 142 cm³/mol. The van der Waals surface area contributed by atoms with Crippen molar-refractivity contribution in [2.24, 2.45) is 23.7 Å². The third-order valence-electron chi connectivity index (χ3n) is 9.39. The average Bonchev–Trinajstić information content (AvgIpc) is 3.40. The number of hydrogen-bond acceptors (Lipinski definition) is 2. The number of fused-ring (bicyclic) bond motifs is 6. The van der Waals surface area contributed by atoms with Crippen LogP contribution in [-0.2, 0) is 0 Å². The molecule has 0 saturated heterocycles. The fourth-order valence-electron chi connectivity index (χ4n) is 8.47. The number of benzene rings is 1. The zero-order chi connectivity index (χ0) is 21.7. The summed E-state index contributed by atoms with van der Waals surface area (Å²) < 4.78 is 0. The summed E-state index contributed by atoms with van der Waals surface area (Å²) in [7, 11) is -1.53. The Hall–Kier alpha value is -0.643. The van der Waals surface area contributed by atoms with Gasteiger partial charge >= 0.3 is 0 Å². The summed E-state index contributed by atoms with van der Waals surface area (Å²) in [5.74, 6) is 3.91. The van der Waals surface area contributed by atoms with E-state index in [0.29, 0.717) is 0 Å². The van der Waals surface area contributed by atoms with Crippen molar-refractivity contribution in [3.05, 3.63) is 62.9 Å². The molecule has 2 fully saturated rings. The molecule has 0 aromatic heterocycles. The monoisotopic (exact) mass is 464 g/mol. The summed E-state index contributed by atoms with van der Waals surface area (Å²) in [6.07, 6.45) is 11.8. The first-order chi connectivity index (χ1) is 14.8. The largest absolute Gasteiger partial charge is 0.127 e. The normalized spacial score (nSPS) is 42.7. The van der Waals surface area contributed by atoms with Crippen LogP contribution < -0.4 is 0 Å². The lowest BCUT2D eigenvalue weighted by molar-refractivity contribution is 0.546. The quantitative estimate of drug-likeness (QED) is 0.402. The van der Waals surface area contributed by atoms with E-state index >= 15 is 0 Å². The van der Waals surface area contributed by atoms with E-state index in [1.54, 1.807) is 15.4 Å². The summed E-state index contributed by atoms with van der Waals surface area (Å²) in [4.78, 5) is 3.18. The Balaban J connectivity index is 1.38. The van der Waals surface area contributed by atoms with Gasteiger partial charge in [0.15, 0.2) is 0 Å². The number of rotatable bonds is 2. The molecular weight excluding hydrogens is 429 g/mol. The van der Waals surface area contributed by atoms with Crippen LogP contribution in [0.3, 0.4) is 0 Å². The molecule has 0 bridgehead atoms. The van der Waals surface area contributed by atoms with Gasteiger partial charge in [0, 0.05) is 10.5 Å². The minimum atomic E-state index is -1.53. The van der Waals surface area contributed by atoms with Crippen molar-refractivity contribution in [3.8, 4) is 0 Å². The van der Waals surface area contributed by atoms with Crippen molar-refractivity contribution in [1.29, 1.82) is 0 Å². The van der Waals surface area contributed by atoms with Gasteiger partial charge in [-0.2, -0.15) is 0 Å². The summed E-state index contributed by atoms with van der Waals surface area (Å²) in [6, 6.07) is 7.15. The first-order valence-corrected chi connectivity index (χ1v) is 17.2. The molecule has 8 unspecified atom stereocenters. The summed E-state index contributed by atoms with van der Waals surface area (Å²) in [5.41, 5.74) is 6.37. The number of aryl methyl sites for hydroxylation is 1. The second kappa shape index (κ2) is 7.18.